The van der Waals surface area contributed by atoms with Crippen molar-refractivity contribution in [2.45, 2.75) is 130 Å². The maximum absolute atomic E-state index is 14.6. The number of nitrogens with zero attached hydrogens (tertiary/aromatic N) is 3. The standard InChI is InChI=1S/C32H56N4O7SSi/c1-9-15-27(37)42-20-36(31(39)28(22(7)10-2)34-29(38)24-16-13-14-17-35(24)8)25(21(5)6)18-26(43-45(11-3)12-4)30-33-23(19-44-30)32(40)41/h19,21-22,24-26,28,45H,9-18,20H2,1-8H3,(H,34,38)(H,40,41)/t22?,24-,25-,26-,28+/m1/s1. The maximum Gasteiger partial charge on any atom is 0.355 e. The van der Waals surface area contributed by atoms with Crippen molar-refractivity contribution in [2.24, 2.45) is 11.8 Å². The van der Waals surface area contributed by atoms with Gasteiger partial charge in [-0.2, -0.15) is 0 Å². The van der Waals surface area contributed by atoms with E-state index in [1.807, 2.05) is 46.6 Å². The van der Waals surface area contributed by atoms with Crippen molar-refractivity contribution < 1.29 is 33.4 Å². The van der Waals surface area contributed by atoms with Gasteiger partial charge in [-0.1, -0.05) is 61.3 Å². The molecule has 1 aromatic rings. The molecule has 0 saturated carbocycles. The summed E-state index contributed by atoms with van der Waals surface area (Å²) in [5.41, 5.74) is -0.0374. The predicted octanol–water partition coefficient (Wildman–Crippen LogP) is 5.22. The molecule has 0 bridgehead atoms. The lowest BCUT2D eigenvalue weighted by Crippen LogP contribution is -2.59. The third-order valence-corrected chi connectivity index (χ3v) is 12.3. The van der Waals surface area contributed by atoms with Gasteiger partial charge in [-0.15, -0.1) is 11.3 Å². The Morgan fingerprint density at radius 1 is 1.16 bits per heavy atom. The number of nitrogens with one attached hydrogen (secondary N) is 1. The van der Waals surface area contributed by atoms with Crippen molar-refractivity contribution in [3.8, 4) is 0 Å². The third-order valence-electron chi connectivity index (χ3n) is 8.86. The third kappa shape index (κ3) is 11.4. The Kier molecular flexibility index (Phi) is 16.7. The van der Waals surface area contributed by atoms with Crippen LogP contribution >= 0.6 is 11.3 Å². The lowest BCUT2D eigenvalue weighted by molar-refractivity contribution is -0.159. The molecule has 0 aliphatic carbocycles. The van der Waals surface area contributed by atoms with Gasteiger partial charge < -0.3 is 24.5 Å². The van der Waals surface area contributed by atoms with Gasteiger partial charge in [0.2, 0.25) is 11.8 Å². The average Bonchev–Trinajstić information content (AvgIpc) is 3.51. The fraction of sp³-hybridized carbons (Fsp3) is 0.781. The number of thiazole rings is 1. The molecule has 2 amide bonds. The summed E-state index contributed by atoms with van der Waals surface area (Å²) in [6.45, 7) is 14.6. The summed E-state index contributed by atoms with van der Waals surface area (Å²) < 4.78 is 12.3. The van der Waals surface area contributed by atoms with Crippen LogP contribution in [-0.4, -0.2) is 91.1 Å². The Morgan fingerprint density at radius 2 is 1.84 bits per heavy atom. The van der Waals surface area contributed by atoms with Gasteiger partial charge in [-0.25, -0.2) is 9.78 Å². The molecule has 2 heterocycles. The first-order valence-corrected chi connectivity index (χ1v) is 19.7. The van der Waals surface area contributed by atoms with Crippen LogP contribution in [0.5, 0.6) is 0 Å². The Bertz CT molecular complexity index is 1100. The first kappa shape index (κ1) is 38.8. The molecular formula is C32H56N4O7SSi. The van der Waals surface area contributed by atoms with Crippen LogP contribution in [0.25, 0.3) is 0 Å². The molecule has 2 rings (SSSR count). The number of esters is 1. The number of piperidine rings is 1. The number of carboxylic acids is 1. The number of amides is 2. The number of hydrogen-bond acceptors (Lipinski definition) is 9. The van der Waals surface area contributed by atoms with Gasteiger partial charge >= 0.3 is 11.9 Å². The van der Waals surface area contributed by atoms with E-state index in [1.165, 1.54) is 16.7 Å². The summed E-state index contributed by atoms with van der Waals surface area (Å²) in [6.07, 6.45) is 4.07. The van der Waals surface area contributed by atoms with Crippen molar-refractivity contribution in [1.29, 1.82) is 0 Å². The number of carbonyl (C=O) groups is 4. The molecule has 13 heteroatoms. The van der Waals surface area contributed by atoms with Crippen LogP contribution in [0, 0.1) is 11.8 Å². The minimum absolute atomic E-state index is 0.0374. The molecule has 1 aliphatic heterocycles. The number of carbonyl (C=O) groups excluding carboxylic acids is 3. The van der Waals surface area contributed by atoms with Gasteiger partial charge in [0.1, 0.15) is 11.0 Å². The Labute approximate surface area is 275 Å². The van der Waals surface area contributed by atoms with Crippen LogP contribution in [0.4, 0.5) is 0 Å². The SMILES string of the molecule is CCCC(=O)OCN(C(=O)[C@@H](NC(=O)[C@H]1CCCCN1C)C(C)CC)[C@H](C[C@@H](O[SiH](CC)CC)c1nc(C(=O)O)cs1)C(C)C. The number of ether oxygens (including phenoxy) is 1. The second-order valence-electron chi connectivity index (χ2n) is 12.6. The Hall–Kier alpha value is -2.35. The van der Waals surface area contributed by atoms with Crippen molar-refractivity contribution in [2.75, 3.05) is 20.3 Å². The largest absolute Gasteiger partial charge is 0.476 e. The van der Waals surface area contributed by atoms with Gasteiger partial charge in [0, 0.05) is 17.8 Å². The summed E-state index contributed by atoms with van der Waals surface area (Å²) in [5, 5.41) is 14.7. The van der Waals surface area contributed by atoms with Crippen LogP contribution in [0.3, 0.4) is 0 Å². The summed E-state index contributed by atoms with van der Waals surface area (Å²) in [7, 11) is 0.302. The normalized spacial score (nSPS) is 18.3. The second-order valence-corrected chi connectivity index (χ2v) is 16.6. The first-order chi connectivity index (χ1) is 21.4. The van der Waals surface area contributed by atoms with E-state index in [0.717, 1.165) is 37.9 Å². The number of hydrogen-bond donors (Lipinski definition) is 2. The minimum atomic E-state index is -1.64. The Balaban J connectivity index is 2.51. The van der Waals surface area contributed by atoms with Crippen molar-refractivity contribution >= 4 is 44.1 Å². The smallest absolute Gasteiger partial charge is 0.355 e. The molecule has 0 spiro atoms. The van der Waals surface area contributed by atoms with Gasteiger partial charge in [-0.3, -0.25) is 19.3 Å². The topological polar surface area (TPSA) is 138 Å². The average molecular weight is 669 g/mol. The molecule has 1 aliphatic rings. The summed E-state index contributed by atoms with van der Waals surface area (Å²) in [4.78, 5) is 60.4. The molecular weight excluding hydrogens is 613 g/mol. The van der Waals surface area contributed by atoms with Crippen molar-refractivity contribution in [3.63, 3.8) is 0 Å². The lowest BCUT2D eigenvalue weighted by Gasteiger charge is -2.40. The van der Waals surface area contributed by atoms with E-state index < -0.39 is 39.2 Å². The Morgan fingerprint density at radius 3 is 2.38 bits per heavy atom. The highest BCUT2D eigenvalue weighted by Gasteiger charge is 2.39. The molecule has 0 radical (unpaired) electrons. The zero-order valence-electron chi connectivity index (χ0n) is 28.5. The lowest BCUT2D eigenvalue weighted by atomic mass is 9.92. The molecule has 0 aromatic carbocycles. The van der Waals surface area contributed by atoms with E-state index in [-0.39, 0.29) is 48.5 Å². The number of likely N-dealkylation sites (N-methyl/N-ethyl adjacent to an activating group) is 1. The van der Waals surface area contributed by atoms with E-state index >= 15 is 0 Å². The summed E-state index contributed by atoms with van der Waals surface area (Å²) >= 11 is 1.24. The molecule has 1 fully saturated rings. The van der Waals surface area contributed by atoms with Gasteiger partial charge in [0.25, 0.3) is 0 Å². The molecule has 2 N–H and O–H groups in total. The van der Waals surface area contributed by atoms with Gasteiger partial charge in [0.05, 0.1) is 12.1 Å². The monoisotopic (exact) mass is 668 g/mol. The summed E-state index contributed by atoms with van der Waals surface area (Å²) in [5.74, 6) is -2.21. The molecule has 11 nitrogen and oxygen atoms in total. The van der Waals surface area contributed by atoms with Crippen LogP contribution in [0.15, 0.2) is 5.38 Å². The molecule has 1 saturated heterocycles. The highest BCUT2D eigenvalue weighted by molar-refractivity contribution is 7.09. The van der Waals surface area contributed by atoms with Crippen LogP contribution in [0.1, 0.15) is 115 Å². The predicted molar refractivity (Wildman–Crippen MR) is 179 cm³/mol. The number of aromatic carboxylic acids is 1. The van der Waals surface area contributed by atoms with Gasteiger partial charge in [0.15, 0.2) is 21.5 Å². The highest BCUT2D eigenvalue weighted by atomic mass is 32.1. The quantitative estimate of drug-likeness (QED) is 0.115. The zero-order valence-corrected chi connectivity index (χ0v) is 30.5. The summed E-state index contributed by atoms with van der Waals surface area (Å²) in [6, 6.07) is 0.233. The molecule has 1 aromatic heterocycles. The van der Waals surface area contributed by atoms with E-state index in [2.05, 4.69) is 24.1 Å². The molecule has 256 valence electrons. The van der Waals surface area contributed by atoms with Crippen LogP contribution in [0.2, 0.25) is 12.1 Å². The molecule has 45 heavy (non-hydrogen) atoms. The van der Waals surface area contributed by atoms with E-state index in [9.17, 15) is 24.3 Å². The highest BCUT2D eigenvalue weighted by Crippen LogP contribution is 2.33. The fourth-order valence-corrected chi connectivity index (χ4v) is 8.30. The van der Waals surface area contributed by atoms with Gasteiger partial charge in [-0.05, 0) is 63.2 Å². The fourth-order valence-electron chi connectivity index (χ4n) is 5.70. The number of carboxylic acid groups (broad SMARTS) is 1. The number of likely N-dealkylation sites (tertiary alicyclic amines) is 1. The van der Waals surface area contributed by atoms with Crippen molar-refractivity contribution in [1.82, 2.24) is 20.1 Å². The van der Waals surface area contributed by atoms with E-state index in [1.54, 1.807) is 4.90 Å². The second kappa shape index (κ2) is 19.3. The number of aromatic nitrogens is 1. The van der Waals surface area contributed by atoms with E-state index in [0.29, 0.717) is 24.3 Å². The zero-order chi connectivity index (χ0) is 33.7. The van der Waals surface area contributed by atoms with Crippen molar-refractivity contribution in [3.05, 3.63) is 16.1 Å². The van der Waals surface area contributed by atoms with Crippen LogP contribution < -0.4 is 5.32 Å². The molecule has 5 atom stereocenters. The first-order valence-electron chi connectivity index (χ1n) is 16.7. The number of rotatable bonds is 19. The molecule has 1 unspecified atom stereocenters. The minimum Gasteiger partial charge on any atom is -0.476 e. The van der Waals surface area contributed by atoms with Crippen LogP contribution in [-0.2, 0) is 23.5 Å². The maximum atomic E-state index is 14.6. The van der Waals surface area contributed by atoms with E-state index in [4.69, 9.17) is 9.16 Å².